The molecule has 4 rings (SSSR count). The van der Waals surface area contributed by atoms with Crippen molar-refractivity contribution in [1.29, 1.82) is 0 Å². The van der Waals surface area contributed by atoms with E-state index in [-0.39, 0.29) is 12.1 Å². The zero-order valence-corrected chi connectivity index (χ0v) is 15.2. The fourth-order valence-corrected chi connectivity index (χ4v) is 3.75. The van der Waals surface area contributed by atoms with E-state index >= 15 is 0 Å². The molecule has 0 bridgehead atoms. The van der Waals surface area contributed by atoms with E-state index < -0.39 is 0 Å². The molecule has 0 saturated carbocycles. The van der Waals surface area contributed by atoms with Crippen LogP contribution in [0.15, 0.2) is 53.4 Å². The third-order valence-corrected chi connectivity index (χ3v) is 5.58. The van der Waals surface area contributed by atoms with Crippen molar-refractivity contribution in [3.63, 3.8) is 0 Å². The molecule has 6 heteroatoms. The van der Waals surface area contributed by atoms with Gasteiger partial charge in [-0.2, -0.15) is 0 Å². The van der Waals surface area contributed by atoms with Gasteiger partial charge >= 0.3 is 0 Å². The van der Waals surface area contributed by atoms with Crippen molar-refractivity contribution in [2.75, 3.05) is 11.6 Å². The lowest BCUT2D eigenvalue weighted by Gasteiger charge is -2.31. The van der Waals surface area contributed by atoms with Crippen LogP contribution in [0.2, 0.25) is 0 Å². The van der Waals surface area contributed by atoms with Gasteiger partial charge in [-0.15, -0.1) is 11.8 Å². The molecule has 1 aromatic heterocycles. The Morgan fingerprint density at radius 3 is 2.48 bits per heavy atom. The van der Waals surface area contributed by atoms with E-state index in [1.165, 1.54) is 21.6 Å². The average Bonchev–Trinajstić information content (AvgIpc) is 3.16. The van der Waals surface area contributed by atoms with Gasteiger partial charge in [0.2, 0.25) is 5.95 Å². The van der Waals surface area contributed by atoms with Crippen LogP contribution in [0.1, 0.15) is 42.1 Å². The summed E-state index contributed by atoms with van der Waals surface area (Å²) in [6.45, 7) is 2.18. The Labute approximate surface area is 151 Å². The minimum absolute atomic E-state index is 0.137. The Kier molecular flexibility index (Phi) is 4.44. The van der Waals surface area contributed by atoms with Crippen LogP contribution in [-0.4, -0.2) is 26.5 Å². The Morgan fingerprint density at radius 2 is 1.80 bits per heavy atom. The molecule has 5 nitrogen and oxygen atoms in total. The van der Waals surface area contributed by atoms with E-state index in [9.17, 15) is 0 Å². The predicted molar refractivity (Wildman–Crippen MR) is 101 cm³/mol. The number of hydrogen-bond acceptors (Lipinski definition) is 5. The van der Waals surface area contributed by atoms with E-state index in [4.69, 9.17) is 0 Å². The number of tetrazole rings is 1. The number of benzene rings is 2. The fourth-order valence-electron chi connectivity index (χ4n) is 3.34. The zero-order chi connectivity index (χ0) is 17.2. The summed E-state index contributed by atoms with van der Waals surface area (Å²) < 4.78 is 1.89. The lowest BCUT2D eigenvalue weighted by atomic mass is 9.93. The number of nitrogens with one attached hydrogen (secondary N) is 1. The molecule has 2 atom stereocenters. The number of rotatable bonds is 4. The molecule has 0 aliphatic carbocycles. The molecule has 0 amide bonds. The molecule has 3 aromatic rings. The zero-order valence-electron chi connectivity index (χ0n) is 14.4. The molecule has 1 N–H and O–H groups in total. The second kappa shape index (κ2) is 6.88. The normalized spacial score (nSPS) is 19.3. The number of fused-ring (bicyclic) bond motifs is 1. The smallest absolute Gasteiger partial charge is 0.243 e. The quantitative estimate of drug-likeness (QED) is 0.717. The molecular weight excluding hydrogens is 330 g/mol. The number of nitrogens with zero attached hydrogens (tertiary/aromatic N) is 4. The summed E-state index contributed by atoms with van der Waals surface area (Å²) in [5.74, 6) is 0.731. The molecule has 0 radical (unpaired) electrons. The van der Waals surface area contributed by atoms with Crippen LogP contribution in [-0.2, 0) is 6.42 Å². The third kappa shape index (κ3) is 3.14. The van der Waals surface area contributed by atoms with Crippen LogP contribution in [0.3, 0.4) is 0 Å². The average molecular weight is 351 g/mol. The van der Waals surface area contributed by atoms with E-state index in [2.05, 4.69) is 82.6 Å². The van der Waals surface area contributed by atoms with Crippen molar-refractivity contribution in [3.8, 4) is 0 Å². The van der Waals surface area contributed by atoms with Gasteiger partial charge in [0.1, 0.15) is 0 Å². The second-order valence-corrected chi connectivity index (χ2v) is 7.14. The van der Waals surface area contributed by atoms with Crippen molar-refractivity contribution in [3.05, 3.63) is 65.2 Å². The molecule has 2 heterocycles. The number of thioether (sulfide) groups is 1. The molecule has 2 unspecified atom stereocenters. The topological polar surface area (TPSA) is 55.6 Å². The fraction of sp³-hybridized carbons (Fsp3) is 0.316. The van der Waals surface area contributed by atoms with E-state index in [0.29, 0.717) is 0 Å². The molecule has 1 aliphatic heterocycles. The Hall–Kier alpha value is -2.34. The highest BCUT2D eigenvalue weighted by atomic mass is 32.2. The monoisotopic (exact) mass is 351 g/mol. The molecule has 128 valence electrons. The van der Waals surface area contributed by atoms with Crippen molar-refractivity contribution < 1.29 is 0 Å². The summed E-state index contributed by atoms with van der Waals surface area (Å²) >= 11 is 1.75. The van der Waals surface area contributed by atoms with E-state index in [1.807, 2.05) is 4.68 Å². The molecule has 0 saturated heterocycles. The second-order valence-electron chi connectivity index (χ2n) is 6.26. The van der Waals surface area contributed by atoms with Gasteiger partial charge in [-0.1, -0.05) is 48.4 Å². The first-order valence-electron chi connectivity index (χ1n) is 8.55. The van der Waals surface area contributed by atoms with Crippen LogP contribution >= 0.6 is 11.8 Å². The summed E-state index contributed by atoms with van der Waals surface area (Å²) in [6, 6.07) is 17.9. The number of aryl methyl sites for hydroxylation is 1. The maximum Gasteiger partial charge on any atom is 0.243 e. The molecule has 1 aliphatic rings. The lowest BCUT2D eigenvalue weighted by Crippen LogP contribution is -2.28. The van der Waals surface area contributed by atoms with Crippen LogP contribution < -0.4 is 5.32 Å². The van der Waals surface area contributed by atoms with Gasteiger partial charge in [0.25, 0.3) is 0 Å². The highest BCUT2D eigenvalue weighted by Gasteiger charge is 2.30. The van der Waals surface area contributed by atoms with Gasteiger partial charge in [-0.3, -0.25) is 0 Å². The van der Waals surface area contributed by atoms with Crippen molar-refractivity contribution in [2.24, 2.45) is 0 Å². The van der Waals surface area contributed by atoms with E-state index in [0.717, 1.165) is 18.8 Å². The summed E-state index contributed by atoms with van der Waals surface area (Å²) in [5, 5.41) is 15.7. The summed E-state index contributed by atoms with van der Waals surface area (Å²) in [7, 11) is 0. The molecule has 0 fully saturated rings. The van der Waals surface area contributed by atoms with Crippen LogP contribution in [0.5, 0.6) is 0 Å². The molecular formula is C19H21N5S. The van der Waals surface area contributed by atoms with Gasteiger partial charge in [0.15, 0.2) is 0 Å². The first-order chi connectivity index (χ1) is 12.3. The first kappa shape index (κ1) is 16.1. The minimum atomic E-state index is 0.137. The highest BCUT2D eigenvalue weighted by Crippen LogP contribution is 2.37. The summed E-state index contributed by atoms with van der Waals surface area (Å²) in [5.41, 5.74) is 3.87. The van der Waals surface area contributed by atoms with Gasteiger partial charge in [-0.25, -0.2) is 4.68 Å². The van der Waals surface area contributed by atoms with Crippen LogP contribution in [0.4, 0.5) is 5.95 Å². The van der Waals surface area contributed by atoms with Gasteiger partial charge in [0.05, 0.1) is 12.1 Å². The molecule has 25 heavy (non-hydrogen) atoms. The van der Waals surface area contributed by atoms with Gasteiger partial charge in [0, 0.05) is 4.90 Å². The summed E-state index contributed by atoms with van der Waals surface area (Å²) in [6.07, 6.45) is 4.07. The Bertz CT molecular complexity index is 841. The predicted octanol–water partition coefficient (Wildman–Crippen LogP) is 4.10. The number of anilines is 1. The Morgan fingerprint density at radius 1 is 1.08 bits per heavy atom. The van der Waals surface area contributed by atoms with Gasteiger partial charge in [-0.05, 0) is 58.3 Å². The SMILES string of the molecule is CCc1ccc(C2CC(c3ccc(SC)cc3)n3nnnc3N2)cc1. The number of hydrogen-bond donors (Lipinski definition) is 1. The number of aromatic nitrogens is 4. The van der Waals surface area contributed by atoms with Gasteiger partial charge < -0.3 is 5.32 Å². The third-order valence-electron chi connectivity index (χ3n) is 4.84. The van der Waals surface area contributed by atoms with Crippen molar-refractivity contribution in [2.45, 2.75) is 36.7 Å². The minimum Gasteiger partial charge on any atom is -0.346 e. The first-order valence-corrected chi connectivity index (χ1v) is 9.78. The van der Waals surface area contributed by atoms with Crippen LogP contribution in [0.25, 0.3) is 0 Å². The maximum absolute atomic E-state index is 4.20. The standard InChI is InChI=1S/C19H21N5S/c1-3-13-4-6-14(7-5-13)17-12-18(24-19(20-17)21-22-23-24)15-8-10-16(25-2)11-9-15/h4-11,17-18H,3,12H2,1-2H3,(H,20,21,23). The molecule has 2 aromatic carbocycles. The van der Waals surface area contributed by atoms with Crippen LogP contribution in [0, 0.1) is 0 Å². The Balaban J connectivity index is 1.66. The molecule has 0 spiro atoms. The summed E-state index contributed by atoms with van der Waals surface area (Å²) in [4.78, 5) is 1.27. The van der Waals surface area contributed by atoms with E-state index in [1.54, 1.807) is 11.8 Å². The maximum atomic E-state index is 4.20. The van der Waals surface area contributed by atoms with Crippen molar-refractivity contribution in [1.82, 2.24) is 20.2 Å². The highest BCUT2D eigenvalue weighted by molar-refractivity contribution is 7.98. The van der Waals surface area contributed by atoms with Crippen molar-refractivity contribution >= 4 is 17.7 Å². The lowest BCUT2D eigenvalue weighted by molar-refractivity contribution is 0.423. The largest absolute Gasteiger partial charge is 0.346 e.